The van der Waals surface area contributed by atoms with Crippen molar-refractivity contribution in [3.05, 3.63) is 52.0 Å². The molecule has 0 radical (unpaired) electrons. The van der Waals surface area contributed by atoms with E-state index in [1.165, 1.54) is 0 Å². The van der Waals surface area contributed by atoms with E-state index < -0.39 is 0 Å². The summed E-state index contributed by atoms with van der Waals surface area (Å²) in [5.74, 6) is 0.232. The van der Waals surface area contributed by atoms with Crippen LogP contribution in [-0.2, 0) is 4.79 Å². The molecule has 0 fully saturated rings. The largest absolute Gasteiger partial charge is 0.496 e. The molecule has 0 aliphatic rings. The van der Waals surface area contributed by atoms with Crippen LogP contribution in [0.5, 0.6) is 5.75 Å². The molecule has 0 bridgehead atoms. The number of hydrogen-bond acceptors (Lipinski definition) is 3. The van der Waals surface area contributed by atoms with Crippen molar-refractivity contribution < 1.29 is 14.3 Å². The van der Waals surface area contributed by atoms with Gasteiger partial charge in [-0.25, -0.2) is 0 Å². The fraction of sp³-hybridized carbons (Fsp3) is 0.300. The highest BCUT2D eigenvalue weighted by Gasteiger charge is 2.16. The lowest BCUT2D eigenvalue weighted by Gasteiger charge is -2.13. The van der Waals surface area contributed by atoms with Gasteiger partial charge in [-0.05, 0) is 49.2 Å². The zero-order valence-corrected chi connectivity index (χ0v) is 16.8. The van der Waals surface area contributed by atoms with Gasteiger partial charge < -0.3 is 15.4 Å². The molecular formula is C20H23BrN2O3. The predicted octanol–water partition coefficient (Wildman–Crippen LogP) is 5.15. The fourth-order valence-corrected chi connectivity index (χ4v) is 3.18. The van der Waals surface area contributed by atoms with Gasteiger partial charge in [-0.15, -0.1) is 0 Å². The molecule has 0 heterocycles. The molecule has 5 nitrogen and oxygen atoms in total. The molecule has 0 aromatic heterocycles. The molecule has 2 aromatic rings. The van der Waals surface area contributed by atoms with Crippen molar-refractivity contribution in [2.24, 2.45) is 0 Å². The number of ether oxygens (including phenoxy) is 1. The first kappa shape index (κ1) is 20.0. The van der Waals surface area contributed by atoms with E-state index in [4.69, 9.17) is 4.74 Å². The number of hydrogen-bond donors (Lipinski definition) is 2. The number of nitrogens with one attached hydrogen (secondary N) is 2. The molecule has 0 unspecified atom stereocenters. The minimum absolute atomic E-state index is 0.0281. The third-order valence-electron chi connectivity index (χ3n) is 3.85. The van der Waals surface area contributed by atoms with Crippen LogP contribution in [-0.4, -0.2) is 18.9 Å². The van der Waals surface area contributed by atoms with Gasteiger partial charge in [0.1, 0.15) is 5.75 Å². The van der Waals surface area contributed by atoms with Crippen LogP contribution in [0.2, 0.25) is 0 Å². The maximum absolute atomic E-state index is 12.7. The Bertz CT molecular complexity index is 806. The summed E-state index contributed by atoms with van der Waals surface area (Å²) in [4.78, 5) is 24.5. The van der Waals surface area contributed by atoms with Crippen LogP contribution < -0.4 is 15.4 Å². The summed E-state index contributed by atoms with van der Waals surface area (Å²) in [5, 5.41) is 5.70. The molecule has 2 amide bonds. The van der Waals surface area contributed by atoms with E-state index in [2.05, 4.69) is 26.6 Å². The van der Waals surface area contributed by atoms with Crippen molar-refractivity contribution in [2.45, 2.75) is 33.1 Å². The Morgan fingerprint density at radius 3 is 2.46 bits per heavy atom. The summed E-state index contributed by atoms with van der Waals surface area (Å²) in [6.07, 6.45) is 2.31. The molecule has 26 heavy (non-hydrogen) atoms. The minimum Gasteiger partial charge on any atom is -0.496 e. The number of amides is 2. The van der Waals surface area contributed by atoms with Crippen LogP contribution in [0.4, 0.5) is 11.4 Å². The standard InChI is InChI=1S/C20H23BrN2O3/c1-4-5-9-18(24)22-15-7-6-8-16(12-15)23-20(25)17-11-14(21)10-13(2)19(17)26-3/h6-8,10-12H,4-5,9H2,1-3H3,(H,22,24)(H,23,25). The first-order valence-electron chi connectivity index (χ1n) is 8.50. The van der Waals surface area contributed by atoms with Gasteiger partial charge >= 0.3 is 0 Å². The van der Waals surface area contributed by atoms with Crippen molar-refractivity contribution in [1.29, 1.82) is 0 Å². The molecular weight excluding hydrogens is 396 g/mol. The van der Waals surface area contributed by atoms with E-state index in [0.29, 0.717) is 29.1 Å². The van der Waals surface area contributed by atoms with Gasteiger partial charge in [-0.3, -0.25) is 9.59 Å². The highest BCUT2D eigenvalue weighted by molar-refractivity contribution is 9.10. The molecule has 6 heteroatoms. The molecule has 0 atom stereocenters. The maximum atomic E-state index is 12.7. The monoisotopic (exact) mass is 418 g/mol. The average Bonchev–Trinajstić information content (AvgIpc) is 2.59. The molecule has 0 aliphatic carbocycles. The highest BCUT2D eigenvalue weighted by Crippen LogP contribution is 2.28. The SMILES string of the molecule is CCCCC(=O)Nc1cccc(NC(=O)c2cc(Br)cc(C)c2OC)c1. The van der Waals surface area contributed by atoms with Crippen LogP contribution in [0.3, 0.4) is 0 Å². The van der Waals surface area contributed by atoms with Gasteiger partial charge in [-0.1, -0.05) is 35.3 Å². The van der Waals surface area contributed by atoms with Gasteiger partial charge in [0.05, 0.1) is 12.7 Å². The van der Waals surface area contributed by atoms with E-state index in [1.807, 2.05) is 19.9 Å². The fourth-order valence-electron chi connectivity index (χ4n) is 2.60. The first-order chi connectivity index (χ1) is 12.4. The van der Waals surface area contributed by atoms with E-state index >= 15 is 0 Å². The lowest BCUT2D eigenvalue weighted by atomic mass is 10.1. The molecule has 2 N–H and O–H groups in total. The Morgan fingerprint density at radius 1 is 1.12 bits per heavy atom. The summed E-state index contributed by atoms with van der Waals surface area (Å²) in [6, 6.07) is 10.7. The van der Waals surface area contributed by atoms with Crippen molar-refractivity contribution in [2.75, 3.05) is 17.7 Å². The quantitative estimate of drug-likeness (QED) is 0.653. The summed E-state index contributed by atoms with van der Waals surface area (Å²) in [6.45, 7) is 3.92. The molecule has 138 valence electrons. The number of halogens is 1. The third-order valence-corrected chi connectivity index (χ3v) is 4.31. The smallest absolute Gasteiger partial charge is 0.259 e. The molecule has 0 saturated heterocycles. The number of methoxy groups -OCH3 is 1. The molecule has 0 spiro atoms. The minimum atomic E-state index is -0.277. The summed E-state index contributed by atoms with van der Waals surface area (Å²) >= 11 is 3.41. The van der Waals surface area contributed by atoms with Crippen LogP contribution in [0, 0.1) is 6.92 Å². The number of benzene rings is 2. The first-order valence-corrected chi connectivity index (χ1v) is 9.29. The number of anilines is 2. The number of carbonyl (C=O) groups is 2. The van der Waals surface area contributed by atoms with Crippen molar-refractivity contribution >= 4 is 39.1 Å². The van der Waals surface area contributed by atoms with Crippen LogP contribution >= 0.6 is 15.9 Å². The van der Waals surface area contributed by atoms with Crippen LogP contribution in [0.15, 0.2) is 40.9 Å². The van der Waals surface area contributed by atoms with Gasteiger partial charge in [0.25, 0.3) is 5.91 Å². The third kappa shape index (κ3) is 5.33. The van der Waals surface area contributed by atoms with E-state index in [0.717, 1.165) is 22.9 Å². The Balaban J connectivity index is 2.15. The zero-order chi connectivity index (χ0) is 19.1. The second-order valence-electron chi connectivity index (χ2n) is 5.99. The van der Waals surface area contributed by atoms with E-state index in [-0.39, 0.29) is 11.8 Å². The summed E-state index contributed by atoms with van der Waals surface area (Å²) < 4.78 is 6.17. The Labute approximate surface area is 162 Å². The second-order valence-corrected chi connectivity index (χ2v) is 6.91. The zero-order valence-electron chi connectivity index (χ0n) is 15.2. The van der Waals surface area contributed by atoms with E-state index in [1.54, 1.807) is 37.4 Å². The number of aryl methyl sites for hydroxylation is 1. The lowest BCUT2D eigenvalue weighted by Crippen LogP contribution is -2.15. The predicted molar refractivity (Wildman–Crippen MR) is 108 cm³/mol. The van der Waals surface area contributed by atoms with Gasteiger partial charge in [0, 0.05) is 22.3 Å². The molecule has 2 rings (SSSR count). The average molecular weight is 419 g/mol. The van der Waals surface area contributed by atoms with Crippen molar-refractivity contribution in [3.63, 3.8) is 0 Å². The van der Waals surface area contributed by atoms with Gasteiger partial charge in [-0.2, -0.15) is 0 Å². The number of unbranched alkanes of at least 4 members (excludes halogenated alkanes) is 1. The second kappa shape index (κ2) is 9.38. The van der Waals surface area contributed by atoms with Gasteiger partial charge in [0.2, 0.25) is 5.91 Å². The van der Waals surface area contributed by atoms with Gasteiger partial charge in [0.15, 0.2) is 0 Å². The summed E-state index contributed by atoms with van der Waals surface area (Å²) in [7, 11) is 1.54. The Hall–Kier alpha value is -2.34. The van der Waals surface area contributed by atoms with Crippen molar-refractivity contribution in [1.82, 2.24) is 0 Å². The summed E-state index contributed by atoms with van der Waals surface area (Å²) in [5.41, 5.74) is 2.56. The highest BCUT2D eigenvalue weighted by atomic mass is 79.9. The van der Waals surface area contributed by atoms with Crippen molar-refractivity contribution in [3.8, 4) is 5.75 Å². The van der Waals surface area contributed by atoms with Crippen LogP contribution in [0.1, 0.15) is 42.1 Å². The Kier molecular flexibility index (Phi) is 7.21. The topological polar surface area (TPSA) is 67.4 Å². The lowest BCUT2D eigenvalue weighted by molar-refractivity contribution is -0.116. The Morgan fingerprint density at radius 2 is 1.81 bits per heavy atom. The maximum Gasteiger partial charge on any atom is 0.259 e. The van der Waals surface area contributed by atoms with E-state index in [9.17, 15) is 9.59 Å². The molecule has 2 aromatic carbocycles. The number of rotatable bonds is 7. The molecule has 0 saturated carbocycles. The number of carbonyl (C=O) groups excluding carboxylic acids is 2. The van der Waals surface area contributed by atoms with Crippen LogP contribution in [0.25, 0.3) is 0 Å². The normalized spacial score (nSPS) is 10.3. The molecule has 0 aliphatic heterocycles.